The molecule has 1 unspecified atom stereocenters. The quantitative estimate of drug-likeness (QED) is 0.795. The molecule has 1 aromatic carbocycles. The highest BCUT2D eigenvalue weighted by Gasteiger charge is 2.11. The molecule has 2 N–H and O–H groups in total. The van der Waals surface area contributed by atoms with E-state index in [0.717, 1.165) is 29.7 Å². The predicted octanol–water partition coefficient (Wildman–Crippen LogP) is 3.07. The lowest BCUT2D eigenvalue weighted by Crippen LogP contribution is -2.19. The standard InChI is InChI=1S/C13H21NO/c1-5-8-14-11(4)12-7-6-9(2)10(3)13(12)15/h6-7,11,14-15H,5,8H2,1-4H3. The second-order valence-electron chi connectivity index (χ2n) is 4.12. The lowest BCUT2D eigenvalue weighted by atomic mass is 10.00. The van der Waals surface area contributed by atoms with Crippen LogP contribution in [0, 0.1) is 13.8 Å². The highest BCUT2D eigenvalue weighted by Crippen LogP contribution is 2.29. The van der Waals surface area contributed by atoms with Crippen molar-refractivity contribution in [2.75, 3.05) is 6.54 Å². The first kappa shape index (κ1) is 12.1. The molecule has 0 spiro atoms. The highest BCUT2D eigenvalue weighted by molar-refractivity contribution is 5.45. The van der Waals surface area contributed by atoms with Crippen LogP contribution in [0.2, 0.25) is 0 Å². The van der Waals surface area contributed by atoms with E-state index in [9.17, 15) is 5.11 Å². The number of aryl methyl sites for hydroxylation is 1. The van der Waals surface area contributed by atoms with E-state index in [1.807, 2.05) is 19.9 Å². The van der Waals surface area contributed by atoms with Crippen molar-refractivity contribution in [2.24, 2.45) is 0 Å². The smallest absolute Gasteiger partial charge is 0.123 e. The van der Waals surface area contributed by atoms with Gasteiger partial charge in [0.25, 0.3) is 0 Å². The minimum atomic E-state index is 0.212. The van der Waals surface area contributed by atoms with Gasteiger partial charge in [0.15, 0.2) is 0 Å². The molecule has 0 amide bonds. The van der Waals surface area contributed by atoms with Crippen molar-refractivity contribution in [2.45, 2.75) is 40.2 Å². The highest BCUT2D eigenvalue weighted by atomic mass is 16.3. The Morgan fingerprint density at radius 2 is 2.00 bits per heavy atom. The van der Waals surface area contributed by atoms with Crippen molar-refractivity contribution < 1.29 is 5.11 Å². The Labute approximate surface area is 92.3 Å². The third kappa shape index (κ3) is 2.72. The molecule has 84 valence electrons. The van der Waals surface area contributed by atoms with Gasteiger partial charge in [-0.2, -0.15) is 0 Å². The first-order valence-corrected chi connectivity index (χ1v) is 5.60. The Morgan fingerprint density at radius 1 is 1.33 bits per heavy atom. The van der Waals surface area contributed by atoms with Crippen molar-refractivity contribution in [1.82, 2.24) is 5.32 Å². The summed E-state index contributed by atoms with van der Waals surface area (Å²) in [4.78, 5) is 0. The second kappa shape index (κ2) is 5.17. The molecule has 0 aliphatic carbocycles. The summed E-state index contributed by atoms with van der Waals surface area (Å²) in [6, 6.07) is 4.28. The molecule has 0 radical (unpaired) electrons. The van der Waals surface area contributed by atoms with Gasteiger partial charge in [-0.05, 0) is 44.9 Å². The average molecular weight is 207 g/mol. The van der Waals surface area contributed by atoms with Gasteiger partial charge in [-0.15, -0.1) is 0 Å². The molecule has 1 aromatic rings. The largest absolute Gasteiger partial charge is 0.507 e. The summed E-state index contributed by atoms with van der Waals surface area (Å²) in [5.74, 6) is 0.436. The van der Waals surface area contributed by atoms with Crippen LogP contribution in [0.15, 0.2) is 12.1 Å². The Bertz CT molecular complexity index is 334. The van der Waals surface area contributed by atoms with Crippen LogP contribution in [-0.2, 0) is 0 Å². The molecule has 15 heavy (non-hydrogen) atoms. The van der Waals surface area contributed by atoms with Gasteiger partial charge >= 0.3 is 0 Å². The summed E-state index contributed by atoms with van der Waals surface area (Å²) < 4.78 is 0. The molecule has 0 saturated carbocycles. The monoisotopic (exact) mass is 207 g/mol. The average Bonchev–Trinajstić information content (AvgIpc) is 2.23. The van der Waals surface area contributed by atoms with Crippen LogP contribution in [0.5, 0.6) is 5.75 Å². The third-order valence-corrected chi connectivity index (χ3v) is 2.90. The van der Waals surface area contributed by atoms with Crippen molar-refractivity contribution in [3.05, 3.63) is 28.8 Å². The van der Waals surface area contributed by atoms with Gasteiger partial charge in [0.05, 0.1) is 0 Å². The lowest BCUT2D eigenvalue weighted by Gasteiger charge is -2.17. The van der Waals surface area contributed by atoms with E-state index in [4.69, 9.17) is 0 Å². The van der Waals surface area contributed by atoms with Gasteiger partial charge < -0.3 is 10.4 Å². The number of hydrogen-bond acceptors (Lipinski definition) is 2. The van der Waals surface area contributed by atoms with E-state index in [1.54, 1.807) is 0 Å². The molecule has 1 atom stereocenters. The van der Waals surface area contributed by atoms with Crippen molar-refractivity contribution in [1.29, 1.82) is 0 Å². The van der Waals surface area contributed by atoms with Crippen molar-refractivity contribution in [3.8, 4) is 5.75 Å². The Kier molecular flexibility index (Phi) is 4.15. The van der Waals surface area contributed by atoms with Crippen LogP contribution in [0.25, 0.3) is 0 Å². The number of aromatic hydroxyl groups is 1. The zero-order chi connectivity index (χ0) is 11.4. The third-order valence-electron chi connectivity index (χ3n) is 2.90. The van der Waals surface area contributed by atoms with Gasteiger partial charge in [0.2, 0.25) is 0 Å². The predicted molar refractivity (Wildman–Crippen MR) is 64.3 cm³/mol. The molecule has 0 bridgehead atoms. The fraction of sp³-hybridized carbons (Fsp3) is 0.538. The minimum absolute atomic E-state index is 0.212. The van der Waals surface area contributed by atoms with E-state index >= 15 is 0 Å². The number of benzene rings is 1. The number of nitrogens with one attached hydrogen (secondary N) is 1. The van der Waals surface area contributed by atoms with E-state index < -0.39 is 0 Å². The Hall–Kier alpha value is -1.02. The maximum Gasteiger partial charge on any atom is 0.123 e. The van der Waals surface area contributed by atoms with Crippen LogP contribution in [-0.4, -0.2) is 11.7 Å². The zero-order valence-corrected chi connectivity index (χ0v) is 10.1. The fourth-order valence-corrected chi connectivity index (χ4v) is 1.64. The normalized spacial score (nSPS) is 12.8. The van der Waals surface area contributed by atoms with E-state index in [2.05, 4.69) is 25.2 Å². The van der Waals surface area contributed by atoms with Gasteiger partial charge in [-0.1, -0.05) is 19.1 Å². The molecule has 0 aromatic heterocycles. The van der Waals surface area contributed by atoms with Crippen molar-refractivity contribution >= 4 is 0 Å². The molecule has 2 heteroatoms. The topological polar surface area (TPSA) is 32.3 Å². The summed E-state index contributed by atoms with van der Waals surface area (Å²) in [6.45, 7) is 9.18. The second-order valence-corrected chi connectivity index (χ2v) is 4.12. The molecular formula is C13H21NO. The molecule has 1 rings (SSSR count). The van der Waals surface area contributed by atoms with Crippen molar-refractivity contribution in [3.63, 3.8) is 0 Å². The first-order chi connectivity index (χ1) is 7.07. The summed E-state index contributed by atoms with van der Waals surface area (Å²) >= 11 is 0. The Balaban J connectivity index is 2.90. The molecule has 0 aliphatic rings. The fourth-order valence-electron chi connectivity index (χ4n) is 1.64. The summed E-state index contributed by atoms with van der Waals surface area (Å²) in [7, 11) is 0. The minimum Gasteiger partial charge on any atom is -0.507 e. The maximum atomic E-state index is 10.0. The molecule has 0 aliphatic heterocycles. The van der Waals surface area contributed by atoms with E-state index in [-0.39, 0.29) is 6.04 Å². The van der Waals surface area contributed by atoms with Crippen LogP contribution < -0.4 is 5.32 Å². The summed E-state index contributed by atoms with van der Waals surface area (Å²) in [6.07, 6.45) is 1.11. The number of hydrogen-bond donors (Lipinski definition) is 2. The molecule has 0 fully saturated rings. The van der Waals surface area contributed by atoms with Gasteiger partial charge in [-0.3, -0.25) is 0 Å². The van der Waals surface area contributed by atoms with Crippen LogP contribution in [0.4, 0.5) is 0 Å². The number of phenolic OH excluding ortho intramolecular Hbond substituents is 1. The first-order valence-electron chi connectivity index (χ1n) is 5.60. The lowest BCUT2D eigenvalue weighted by molar-refractivity contribution is 0.448. The molecule has 2 nitrogen and oxygen atoms in total. The maximum absolute atomic E-state index is 10.0. The zero-order valence-electron chi connectivity index (χ0n) is 10.1. The van der Waals surface area contributed by atoms with Gasteiger partial charge in [0, 0.05) is 11.6 Å². The van der Waals surface area contributed by atoms with Crippen LogP contribution >= 0.6 is 0 Å². The van der Waals surface area contributed by atoms with E-state index in [0.29, 0.717) is 5.75 Å². The van der Waals surface area contributed by atoms with Crippen LogP contribution in [0.3, 0.4) is 0 Å². The summed E-state index contributed by atoms with van der Waals surface area (Å²) in [5.41, 5.74) is 3.11. The SMILES string of the molecule is CCCNC(C)c1ccc(C)c(C)c1O. The summed E-state index contributed by atoms with van der Waals surface area (Å²) in [5, 5.41) is 13.4. The molecule has 0 saturated heterocycles. The van der Waals surface area contributed by atoms with Gasteiger partial charge in [0.1, 0.15) is 5.75 Å². The number of rotatable bonds is 4. The van der Waals surface area contributed by atoms with E-state index in [1.165, 1.54) is 0 Å². The Morgan fingerprint density at radius 3 is 2.60 bits per heavy atom. The molecular weight excluding hydrogens is 186 g/mol. The van der Waals surface area contributed by atoms with Gasteiger partial charge in [-0.25, -0.2) is 0 Å². The van der Waals surface area contributed by atoms with Crippen LogP contribution in [0.1, 0.15) is 43.0 Å². The molecule has 0 heterocycles. The number of phenols is 1.